The highest BCUT2D eigenvalue weighted by Crippen LogP contribution is 2.28. The van der Waals surface area contributed by atoms with Crippen molar-refractivity contribution < 1.29 is 9.59 Å². The lowest BCUT2D eigenvalue weighted by molar-refractivity contribution is -0.122. The van der Waals surface area contributed by atoms with Crippen molar-refractivity contribution >= 4 is 45.6 Å². The number of halogens is 1. The number of nitrogens with one attached hydrogen (secondary N) is 1. The molecule has 2 amide bonds. The summed E-state index contributed by atoms with van der Waals surface area (Å²) in [5.74, 6) is 0.223. The number of benzene rings is 1. The lowest BCUT2D eigenvalue weighted by atomic mass is 9.99. The molecule has 0 spiro atoms. The first kappa shape index (κ1) is 20.3. The molecule has 0 saturated carbocycles. The molecule has 2 fully saturated rings. The van der Waals surface area contributed by atoms with Gasteiger partial charge in [-0.15, -0.1) is 11.3 Å². The third kappa shape index (κ3) is 4.97. The van der Waals surface area contributed by atoms with Gasteiger partial charge in [-0.25, -0.2) is 4.98 Å². The van der Waals surface area contributed by atoms with E-state index in [2.05, 4.69) is 22.1 Å². The van der Waals surface area contributed by atoms with E-state index in [1.807, 2.05) is 5.38 Å². The van der Waals surface area contributed by atoms with Crippen molar-refractivity contribution in [2.75, 3.05) is 29.9 Å². The summed E-state index contributed by atoms with van der Waals surface area (Å²) >= 11 is 7.36. The molecule has 29 heavy (non-hydrogen) atoms. The fourth-order valence-electron chi connectivity index (χ4n) is 3.85. The average molecular weight is 433 g/mol. The van der Waals surface area contributed by atoms with Crippen LogP contribution in [0.15, 0.2) is 29.6 Å². The second-order valence-corrected chi connectivity index (χ2v) is 9.27. The van der Waals surface area contributed by atoms with Crippen molar-refractivity contribution in [2.45, 2.75) is 32.7 Å². The van der Waals surface area contributed by atoms with Crippen molar-refractivity contribution in [3.05, 3.63) is 40.4 Å². The smallest absolute Gasteiger partial charge is 0.231 e. The highest BCUT2D eigenvalue weighted by Gasteiger charge is 2.35. The zero-order chi connectivity index (χ0) is 20.4. The molecule has 0 aliphatic carbocycles. The Kier molecular flexibility index (Phi) is 6.18. The van der Waals surface area contributed by atoms with Gasteiger partial charge in [-0.2, -0.15) is 0 Å². The molecule has 1 aromatic heterocycles. The number of carbonyl (C=O) groups excluding carboxylic acids is 2. The Labute approximate surface area is 179 Å². The van der Waals surface area contributed by atoms with Gasteiger partial charge in [-0.05, 0) is 56.1 Å². The Bertz CT molecular complexity index is 877. The fraction of sp³-hybridized carbons (Fsp3) is 0.476. The molecule has 1 unspecified atom stereocenters. The van der Waals surface area contributed by atoms with E-state index in [1.165, 1.54) is 24.2 Å². The van der Waals surface area contributed by atoms with Crippen molar-refractivity contribution in [1.82, 2.24) is 9.88 Å². The van der Waals surface area contributed by atoms with Gasteiger partial charge in [0.05, 0.1) is 11.6 Å². The van der Waals surface area contributed by atoms with E-state index in [1.54, 1.807) is 29.2 Å². The highest BCUT2D eigenvalue weighted by molar-refractivity contribution is 7.13. The number of rotatable bonds is 5. The third-order valence-electron chi connectivity index (χ3n) is 5.68. The molecule has 4 rings (SSSR count). The van der Waals surface area contributed by atoms with Crippen LogP contribution < -0.4 is 10.2 Å². The third-order valence-corrected chi connectivity index (χ3v) is 6.74. The van der Waals surface area contributed by atoms with Gasteiger partial charge in [0.15, 0.2) is 5.13 Å². The van der Waals surface area contributed by atoms with Gasteiger partial charge in [0.2, 0.25) is 11.8 Å². The predicted octanol–water partition coefficient (Wildman–Crippen LogP) is 4.02. The minimum Gasteiger partial charge on any atom is -0.312 e. The first-order valence-electron chi connectivity index (χ1n) is 10.0. The normalized spacial score (nSPS) is 21.0. The minimum atomic E-state index is -0.380. The molecule has 2 saturated heterocycles. The van der Waals surface area contributed by atoms with E-state index in [0.29, 0.717) is 16.7 Å². The molecule has 2 aliphatic rings. The first-order chi connectivity index (χ1) is 14.0. The summed E-state index contributed by atoms with van der Waals surface area (Å²) in [5.41, 5.74) is 1.76. The Balaban J connectivity index is 1.32. The number of thiazole rings is 1. The summed E-state index contributed by atoms with van der Waals surface area (Å²) in [4.78, 5) is 33.7. The molecule has 3 heterocycles. The van der Waals surface area contributed by atoms with Crippen molar-refractivity contribution in [2.24, 2.45) is 11.8 Å². The van der Waals surface area contributed by atoms with Crippen molar-refractivity contribution in [1.29, 1.82) is 0 Å². The van der Waals surface area contributed by atoms with E-state index in [9.17, 15) is 9.59 Å². The van der Waals surface area contributed by atoms with Gasteiger partial charge in [0, 0.05) is 35.6 Å². The van der Waals surface area contributed by atoms with Crippen LogP contribution in [0.5, 0.6) is 0 Å². The van der Waals surface area contributed by atoms with Crippen molar-refractivity contribution in [3.8, 4) is 0 Å². The maximum Gasteiger partial charge on any atom is 0.231 e. The molecule has 2 aliphatic heterocycles. The van der Waals surface area contributed by atoms with E-state index in [-0.39, 0.29) is 24.2 Å². The molecule has 6 nitrogen and oxygen atoms in total. The molecule has 8 heteroatoms. The number of piperidine rings is 1. The van der Waals surface area contributed by atoms with E-state index in [4.69, 9.17) is 11.6 Å². The fourth-order valence-corrected chi connectivity index (χ4v) is 4.68. The van der Waals surface area contributed by atoms with Crippen LogP contribution in [-0.4, -0.2) is 41.3 Å². The Morgan fingerprint density at radius 2 is 2.00 bits per heavy atom. The van der Waals surface area contributed by atoms with E-state index < -0.39 is 0 Å². The summed E-state index contributed by atoms with van der Waals surface area (Å²) in [5, 5.41) is 6.13. The van der Waals surface area contributed by atoms with E-state index >= 15 is 0 Å². The van der Waals surface area contributed by atoms with Gasteiger partial charge in [-0.3, -0.25) is 14.5 Å². The molecule has 154 valence electrons. The van der Waals surface area contributed by atoms with Gasteiger partial charge >= 0.3 is 0 Å². The van der Waals surface area contributed by atoms with Crippen LogP contribution in [0.25, 0.3) is 0 Å². The van der Waals surface area contributed by atoms with Crippen LogP contribution in [-0.2, 0) is 16.1 Å². The summed E-state index contributed by atoms with van der Waals surface area (Å²) in [6.45, 7) is 5.70. The maximum absolute atomic E-state index is 12.7. The molecule has 2 aromatic rings. The molecular weight excluding hydrogens is 408 g/mol. The van der Waals surface area contributed by atoms with Crippen LogP contribution in [0, 0.1) is 11.8 Å². The highest BCUT2D eigenvalue weighted by atomic mass is 35.5. The number of nitrogens with zero attached hydrogens (tertiary/aromatic N) is 3. The monoisotopic (exact) mass is 432 g/mol. The second kappa shape index (κ2) is 8.81. The number of likely N-dealkylation sites (tertiary alicyclic amines) is 1. The number of hydrogen-bond donors (Lipinski definition) is 1. The standard InChI is InChI=1S/C21H25ClN4O2S/c1-14-6-8-25(9-7-14)12-17-13-29-21(23-17)24-20(28)15-10-19(27)26(11-15)18-4-2-16(22)3-5-18/h2-5,13-15H,6-12H2,1H3,(H,23,24,28). The predicted molar refractivity (Wildman–Crippen MR) is 116 cm³/mol. The summed E-state index contributed by atoms with van der Waals surface area (Å²) < 4.78 is 0. The summed E-state index contributed by atoms with van der Waals surface area (Å²) in [7, 11) is 0. The zero-order valence-corrected chi connectivity index (χ0v) is 18.0. The molecule has 0 bridgehead atoms. The first-order valence-corrected chi connectivity index (χ1v) is 11.3. The van der Waals surface area contributed by atoms with Gasteiger partial charge < -0.3 is 10.2 Å². The number of carbonyl (C=O) groups is 2. The Morgan fingerprint density at radius 1 is 1.28 bits per heavy atom. The van der Waals surface area contributed by atoms with Gasteiger partial charge in [0.1, 0.15) is 0 Å². The lowest BCUT2D eigenvalue weighted by Crippen LogP contribution is -2.32. The zero-order valence-electron chi connectivity index (χ0n) is 16.4. The van der Waals surface area contributed by atoms with Gasteiger partial charge in [0.25, 0.3) is 0 Å². The number of anilines is 2. The summed E-state index contributed by atoms with van der Waals surface area (Å²) in [6, 6.07) is 7.10. The Hall–Kier alpha value is -1.96. The minimum absolute atomic E-state index is 0.0494. The van der Waals surface area contributed by atoms with Crippen LogP contribution in [0.1, 0.15) is 31.9 Å². The Morgan fingerprint density at radius 3 is 2.72 bits per heavy atom. The van der Waals surface area contributed by atoms with Crippen molar-refractivity contribution in [3.63, 3.8) is 0 Å². The number of amides is 2. The van der Waals surface area contributed by atoms with Crippen LogP contribution in [0.3, 0.4) is 0 Å². The molecule has 1 atom stereocenters. The number of aromatic nitrogens is 1. The van der Waals surface area contributed by atoms with Crippen LogP contribution in [0.2, 0.25) is 5.02 Å². The number of hydrogen-bond acceptors (Lipinski definition) is 5. The van der Waals surface area contributed by atoms with E-state index in [0.717, 1.165) is 36.9 Å². The molecule has 1 aromatic carbocycles. The van der Waals surface area contributed by atoms with Gasteiger partial charge in [-0.1, -0.05) is 18.5 Å². The quantitative estimate of drug-likeness (QED) is 0.774. The average Bonchev–Trinajstić information content (AvgIpc) is 3.31. The second-order valence-electron chi connectivity index (χ2n) is 7.97. The van der Waals surface area contributed by atoms with Crippen LogP contribution >= 0.6 is 22.9 Å². The largest absolute Gasteiger partial charge is 0.312 e. The maximum atomic E-state index is 12.7. The lowest BCUT2D eigenvalue weighted by Gasteiger charge is -2.29. The topological polar surface area (TPSA) is 65.5 Å². The molecule has 0 radical (unpaired) electrons. The summed E-state index contributed by atoms with van der Waals surface area (Å²) in [6.07, 6.45) is 2.67. The molecular formula is C21H25ClN4O2S. The van der Waals surface area contributed by atoms with Crippen LogP contribution in [0.4, 0.5) is 10.8 Å². The molecule has 1 N–H and O–H groups in total. The SMILES string of the molecule is CC1CCN(Cc2csc(NC(=O)C3CC(=O)N(c4ccc(Cl)cc4)C3)n2)CC1.